The molecule has 1 saturated carbocycles. The van der Waals surface area contributed by atoms with Crippen molar-refractivity contribution >= 4 is 11.8 Å². The summed E-state index contributed by atoms with van der Waals surface area (Å²) >= 11 is 1.97. The van der Waals surface area contributed by atoms with Crippen LogP contribution < -0.4 is 5.32 Å². The highest BCUT2D eigenvalue weighted by atomic mass is 32.2. The molecule has 5 heteroatoms. The molecule has 1 aromatic rings. The maximum atomic E-state index is 5.61. The van der Waals surface area contributed by atoms with Crippen LogP contribution in [0.5, 0.6) is 0 Å². The fourth-order valence-electron chi connectivity index (χ4n) is 3.31. The van der Waals surface area contributed by atoms with Gasteiger partial charge in [-0.05, 0) is 44.4 Å². The van der Waals surface area contributed by atoms with Crippen LogP contribution in [-0.4, -0.2) is 28.5 Å². The number of nitrogens with one attached hydrogen (secondary N) is 1. The highest BCUT2D eigenvalue weighted by molar-refractivity contribution is 7.99. The van der Waals surface area contributed by atoms with Crippen molar-refractivity contribution in [2.75, 3.05) is 12.3 Å². The Morgan fingerprint density at radius 2 is 2.15 bits per heavy atom. The molecule has 1 aromatic heterocycles. The number of hydrogen-bond donors (Lipinski definition) is 1. The molecule has 4 nitrogen and oxygen atoms in total. The van der Waals surface area contributed by atoms with Crippen LogP contribution >= 0.6 is 11.8 Å². The predicted octanol–water partition coefficient (Wildman–Crippen LogP) is 3.66. The zero-order chi connectivity index (χ0) is 13.8. The number of thioether (sulfide) groups is 1. The topological polar surface area (TPSA) is 51.0 Å². The summed E-state index contributed by atoms with van der Waals surface area (Å²) in [5, 5.41) is 8.39. The molecule has 1 saturated heterocycles. The van der Waals surface area contributed by atoms with Gasteiger partial charge < -0.3 is 9.84 Å². The van der Waals surface area contributed by atoms with Gasteiger partial charge in [0.1, 0.15) is 0 Å². The summed E-state index contributed by atoms with van der Waals surface area (Å²) in [5.74, 6) is 3.46. The summed E-state index contributed by atoms with van der Waals surface area (Å²) in [6.07, 6.45) is 8.68. The molecular formula is C15H25N3OS. The van der Waals surface area contributed by atoms with Gasteiger partial charge in [-0.2, -0.15) is 16.7 Å². The average Bonchev–Trinajstić information content (AvgIpc) is 3.15. The molecule has 1 N–H and O–H groups in total. The molecule has 0 spiro atoms. The fraction of sp³-hybridized carbons (Fsp3) is 0.867. The van der Waals surface area contributed by atoms with Gasteiger partial charge in [0.15, 0.2) is 5.82 Å². The molecule has 3 atom stereocenters. The second-order valence-electron chi connectivity index (χ2n) is 5.94. The van der Waals surface area contributed by atoms with Gasteiger partial charge in [-0.15, -0.1) is 0 Å². The first-order valence-electron chi connectivity index (χ1n) is 8.07. The minimum atomic E-state index is 0.419. The molecule has 112 valence electrons. The van der Waals surface area contributed by atoms with Crippen LogP contribution in [0.4, 0.5) is 0 Å². The lowest BCUT2D eigenvalue weighted by Gasteiger charge is -2.29. The largest absolute Gasteiger partial charge is 0.339 e. The number of hydrogen-bond acceptors (Lipinski definition) is 5. The predicted molar refractivity (Wildman–Crippen MR) is 82.0 cm³/mol. The Morgan fingerprint density at radius 3 is 2.95 bits per heavy atom. The van der Waals surface area contributed by atoms with Crippen LogP contribution in [0.15, 0.2) is 4.52 Å². The Kier molecular flexibility index (Phi) is 4.99. The zero-order valence-electron chi connectivity index (χ0n) is 12.3. The van der Waals surface area contributed by atoms with E-state index in [-0.39, 0.29) is 0 Å². The van der Waals surface area contributed by atoms with Crippen molar-refractivity contribution in [3.8, 4) is 0 Å². The molecular weight excluding hydrogens is 270 g/mol. The molecule has 0 aromatic carbocycles. The van der Waals surface area contributed by atoms with Crippen molar-refractivity contribution in [3.05, 3.63) is 11.7 Å². The van der Waals surface area contributed by atoms with Gasteiger partial charge in [0, 0.05) is 6.04 Å². The molecule has 3 rings (SSSR count). The maximum Gasteiger partial charge on any atom is 0.231 e. The molecule has 2 fully saturated rings. The van der Waals surface area contributed by atoms with E-state index >= 15 is 0 Å². The van der Waals surface area contributed by atoms with Crippen LogP contribution in [0.3, 0.4) is 0 Å². The Balaban J connectivity index is 1.69. The number of aromatic nitrogens is 2. The summed E-state index contributed by atoms with van der Waals surface area (Å²) in [5.41, 5.74) is 0. The third-order valence-corrected chi connectivity index (χ3v) is 5.79. The van der Waals surface area contributed by atoms with E-state index in [2.05, 4.69) is 17.4 Å². The molecule has 2 aliphatic rings. The van der Waals surface area contributed by atoms with Crippen LogP contribution in [0.25, 0.3) is 0 Å². The van der Waals surface area contributed by atoms with Crippen molar-refractivity contribution in [1.82, 2.24) is 15.5 Å². The molecule has 1 aliphatic carbocycles. The lowest BCUT2D eigenvalue weighted by atomic mass is 9.84. The van der Waals surface area contributed by atoms with E-state index in [0.29, 0.717) is 17.2 Å². The van der Waals surface area contributed by atoms with Gasteiger partial charge in [0.05, 0.1) is 11.2 Å². The van der Waals surface area contributed by atoms with Gasteiger partial charge in [-0.3, -0.25) is 0 Å². The molecule has 20 heavy (non-hydrogen) atoms. The Morgan fingerprint density at radius 1 is 1.25 bits per heavy atom. The minimum absolute atomic E-state index is 0.419. The van der Waals surface area contributed by atoms with Crippen molar-refractivity contribution in [3.63, 3.8) is 0 Å². The SMILES string of the molecule is CCCNC1CCCCC1c1nc(C2CCCS2)no1. The zero-order valence-corrected chi connectivity index (χ0v) is 13.1. The van der Waals surface area contributed by atoms with Crippen molar-refractivity contribution in [2.24, 2.45) is 0 Å². The summed E-state index contributed by atoms with van der Waals surface area (Å²) in [6, 6.07) is 0.522. The smallest absolute Gasteiger partial charge is 0.231 e. The third kappa shape index (κ3) is 3.19. The van der Waals surface area contributed by atoms with Gasteiger partial charge in [0.2, 0.25) is 5.89 Å². The monoisotopic (exact) mass is 295 g/mol. The van der Waals surface area contributed by atoms with Gasteiger partial charge >= 0.3 is 0 Å². The van der Waals surface area contributed by atoms with E-state index in [1.54, 1.807) is 0 Å². The van der Waals surface area contributed by atoms with E-state index in [4.69, 9.17) is 9.51 Å². The first kappa shape index (κ1) is 14.4. The summed E-state index contributed by atoms with van der Waals surface area (Å²) < 4.78 is 5.61. The van der Waals surface area contributed by atoms with Gasteiger partial charge in [-0.25, -0.2) is 0 Å². The van der Waals surface area contributed by atoms with Crippen LogP contribution in [-0.2, 0) is 0 Å². The van der Waals surface area contributed by atoms with Crippen LogP contribution in [0, 0.1) is 0 Å². The molecule has 1 aliphatic heterocycles. The Hall–Kier alpha value is -0.550. The first-order chi connectivity index (χ1) is 9.88. The quantitative estimate of drug-likeness (QED) is 0.898. The average molecular weight is 295 g/mol. The van der Waals surface area contributed by atoms with Crippen LogP contribution in [0.1, 0.15) is 74.8 Å². The lowest BCUT2D eigenvalue weighted by molar-refractivity contribution is 0.262. The summed E-state index contributed by atoms with van der Waals surface area (Å²) in [6.45, 7) is 3.30. The number of nitrogens with zero attached hydrogens (tertiary/aromatic N) is 2. The second-order valence-corrected chi connectivity index (χ2v) is 7.25. The Labute approximate surface area is 125 Å². The highest BCUT2D eigenvalue weighted by Crippen LogP contribution is 2.39. The van der Waals surface area contributed by atoms with E-state index in [9.17, 15) is 0 Å². The highest BCUT2D eigenvalue weighted by Gasteiger charge is 2.32. The Bertz CT molecular complexity index is 417. The normalized spacial score (nSPS) is 30.8. The van der Waals surface area contributed by atoms with Crippen LogP contribution in [0.2, 0.25) is 0 Å². The van der Waals surface area contributed by atoms with Gasteiger partial charge in [0.25, 0.3) is 0 Å². The minimum Gasteiger partial charge on any atom is -0.339 e. The van der Waals surface area contributed by atoms with E-state index in [1.165, 1.54) is 50.7 Å². The molecule has 0 radical (unpaired) electrons. The lowest BCUT2D eigenvalue weighted by Crippen LogP contribution is -2.37. The second kappa shape index (κ2) is 6.94. The molecule has 3 unspecified atom stereocenters. The van der Waals surface area contributed by atoms with Gasteiger partial charge in [-0.1, -0.05) is 24.9 Å². The summed E-state index contributed by atoms with van der Waals surface area (Å²) in [7, 11) is 0. The van der Waals surface area contributed by atoms with Crippen molar-refractivity contribution in [2.45, 2.75) is 69.1 Å². The number of rotatable bonds is 5. The van der Waals surface area contributed by atoms with Crippen molar-refractivity contribution < 1.29 is 4.52 Å². The first-order valence-corrected chi connectivity index (χ1v) is 9.12. The standard InChI is InChI=1S/C15H25N3OS/c1-2-9-16-12-7-4-3-6-11(12)15-17-14(18-19-15)13-8-5-10-20-13/h11-13,16H,2-10H2,1H3. The molecule has 2 heterocycles. The summed E-state index contributed by atoms with van der Waals surface area (Å²) in [4.78, 5) is 4.74. The van der Waals surface area contributed by atoms with E-state index in [1.807, 2.05) is 11.8 Å². The van der Waals surface area contributed by atoms with E-state index < -0.39 is 0 Å². The maximum absolute atomic E-state index is 5.61. The molecule has 0 amide bonds. The fourth-order valence-corrected chi connectivity index (χ4v) is 4.51. The molecule has 0 bridgehead atoms. The van der Waals surface area contributed by atoms with E-state index in [0.717, 1.165) is 18.3 Å². The third-order valence-electron chi connectivity index (χ3n) is 4.41. The van der Waals surface area contributed by atoms with Crippen molar-refractivity contribution in [1.29, 1.82) is 0 Å².